The zero-order chi connectivity index (χ0) is 11.8. The van der Waals surface area contributed by atoms with E-state index in [-0.39, 0.29) is 30.8 Å². The lowest BCUT2D eigenvalue weighted by molar-refractivity contribution is -0.143. The lowest BCUT2D eigenvalue weighted by Gasteiger charge is -2.14. The van der Waals surface area contributed by atoms with Crippen LogP contribution in [0.4, 0.5) is 0 Å². The molecule has 0 unspecified atom stereocenters. The van der Waals surface area contributed by atoms with E-state index >= 15 is 0 Å². The molecule has 0 fully saturated rings. The fraction of sp³-hybridized carbons (Fsp3) is 0.800. The minimum absolute atomic E-state index is 0.0904. The summed E-state index contributed by atoms with van der Waals surface area (Å²) in [4.78, 5) is 22.3. The number of amides is 1. The number of hydrogen-bond acceptors (Lipinski definition) is 4. The van der Waals surface area contributed by atoms with Crippen molar-refractivity contribution in [3.63, 3.8) is 0 Å². The van der Waals surface area contributed by atoms with Crippen molar-refractivity contribution in [2.45, 2.75) is 33.2 Å². The van der Waals surface area contributed by atoms with Crippen molar-refractivity contribution in [3.8, 4) is 0 Å². The summed E-state index contributed by atoms with van der Waals surface area (Å²) in [5.41, 5.74) is 5.61. The maximum Gasteiger partial charge on any atom is 0.307 e. The van der Waals surface area contributed by atoms with Crippen LogP contribution in [0.1, 0.15) is 27.2 Å². The second-order valence-electron chi connectivity index (χ2n) is 3.62. The predicted octanol–water partition coefficient (Wildman–Crippen LogP) is 0.0391. The second-order valence-corrected chi connectivity index (χ2v) is 3.62. The Bertz CT molecular complexity index is 217. The summed E-state index contributed by atoms with van der Waals surface area (Å²) in [7, 11) is 0. The van der Waals surface area contributed by atoms with E-state index in [1.165, 1.54) is 0 Å². The number of esters is 1. The van der Waals surface area contributed by atoms with E-state index in [0.717, 1.165) is 0 Å². The van der Waals surface area contributed by atoms with Crippen LogP contribution in [0.2, 0.25) is 0 Å². The molecule has 5 heteroatoms. The molecular formula is C10H20N2O3. The molecule has 0 aliphatic carbocycles. The first-order valence-corrected chi connectivity index (χ1v) is 5.18. The van der Waals surface area contributed by atoms with E-state index < -0.39 is 6.04 Å². The Balaban J connectivity index is 3.68. The number of rotatable bonds is 6. The van der Waals surface area contributed by atoms with Crippen molar-refractivity contribution >= 4 is 11.9 Å². The topological polar surface area (TPSA) is 81.4 Å². The number of nitrogens with two attached hydrogens (primary N) is 1. The van der Waals surface area contributed by atoms with Crippen molar-refractivity contribution in [2.24, 2.45) is 11.7 Å². The molecule has 0 spiro atoms. The van der Waals surface area contributed by atoms with E-state index in [0.29, 0.717) is 6.61 Å². The molecule has 0 bridgehead atoms. The fourth-order valence-electron chi connectivity index (χ4n) is 0.942. The van der Waals surface area contributed by atoms with Gasteiger partial charge in [-0.1, -0.05) is 13.8 Å². The quantitative estimate of drug-likeness (QED) is 0.614. The molecule has 5 nitrogen and oxygen atoms in total. The Morgan fingerprint density at radius 1 is 1.40 bits per heavy atom. The van der Waals surface area contributed by atoms with Crippen LogP contribution in [0.15, 0.2) is 0 Å². The highest BCUT2D eigenvalue weighted by atomic mass is 16.5. The molecule has 88 valence electrons. The largest absolute Gasteiger partial charge is 0.466 e. The van der Waals surface area contributed by atoms with Gasteiger partial charge in [0.1, 0.15) is 0 Å². The number of carbonyl (C=O) groups excluding carboxylic acids is 2. The van der Waals surface area contributed by atoms with Gasteiger partial charge in [0, 0.05) is 6.54 Å². The molecule has 1 amide bonds. The van der Waals surface area contributed by atoms with Crippen LogP contribution in [0.25, 0.3) is 0 Å². The van der Waals surface area contributed by atoms with Gasteiger partial charge in [0.2, 0.25) is 5.91 Å². The highest BCUT2D eigenvalue weighted by Crippen LogP contribution is 1.97. The lowest BCUT2D eigenvalue weighted by atomic mass is 10.1. The first-order valence-electron chi connectivity index (χ1n) is 5.18. The van der Waals surface area contributed by atoms with E-state index in [1.54, 1.807) is 6.92 Å². The molecule has 0 saturated carbocycles. The van der Waals surface area contributed by atoms with E-state index in [2.05, 4.69) is 5.32 Å². The highest BCUT2D eigenvalue weighted by Gasteiger charge is 2.16. The third-order valence-electron chi connectivity index (χ3n) is 1.95. The van der Waals surface area contributed by atoms with Gasteiger partial charge >= 0.3 is 5.97 Å². The maximum atomic E-state index is 11.3. The molecule has 0 aliphatic rings. The minimum atomic E-state index is -0.521. The van der Waals surface area contributed by atoms with Gasteiger partial charge in [0.05, 0.1) is 19.1 Å². The standard InChI is InChI=1S/C10H20N2O3/c1-4-15-8(13)5-6-12-10(14)9(11)7(2)3/h7,9H,4-6,11H2,1-3H3,(H,12,14)/t9-/m1/s1. The first-order chi connectivity index (χ1) is 6.99. The Labute approximate surface area is 90.4 Å². The van der Waals surface area contributed by atoms with Crippen LogP contribution >= 0.6 is 0 Å². The van der Waals surface area contributed by atoms with Crippen LogP contribution in [0.5, 0.6) is 0 Å². The van der Waals surface area contributed by atoms with Crippen molar-refractivity contribution in [2.75, 3.05) is 13.2 Å². The Morgan fingerprint density at radius 3 is 2.47 bits per heavy atom. The summed E-state index contributed by atoms with van der Waals surface area (Å²) in [5.74, 6) is -0.446. The summed E-state index contributed by atoms with van der Waals surface area (Å²) in [5, 5.41) is 2.59. The molecule has 0 heterocycles. The number of nitrogens with one attached hydrogen (secondary N) is 1. The minimum Gasteiger partial charge on any atom is -0.466 e. The summed E-state index contributed by atoms with van der Waals surface area (Å²) in [6.45, 7) is 6.12. The van der Waals surface area contributed by atoms with Gasteiger partial charge in [0.25, 0.3) is 0 Å². The zero-order valence-electron chi connectivity index (χ0n) is 9.58. The van der Waals surface area contributed by atoms with Gasteiger partial charge in [-0.25, -0.2) is 0 Å². The molecule has 0 rings (SSSR count). The molecule has 0 radical (unpaired) electrons. The van der Waals surface area contributed by atoms with E-state index in [4.69, 9.17) is 10.5 Å². The van der Waals surface area contributed by atoms with Gasteiger partial charge in [-0.15, -0.1) is 0 Å². The van der Waals surface area contributed by atoms with Crippen LogP contribution in [0.3, 0.4) is 0 Å². The van der Waals surface area contributed by atoms with Crippen LogP contribution in [-0.2, 0) is 14.3 Å². The maximum absolute atomic E-state index is 11.3. The number of hydrogen-bond donors (Lipinski definition) is 2. The molecule has 1 atom stereocenters. The monoisotopic (exact) mass is 216 g/mol. The highest BCUT2D eigenvalue weighted by molar-refractivity contribution is 5.82. The number of carbonyl (C=O) groups is 2. The Hall–Kier alpha value is -1.10. The fourth-order valence-corrected chi connectivity index (χ4v) is 0.942. The van der Waals surface area contributed by atoms with E-state index in [9.17, 15) is 9.59 Å². The van der Waals surface area contributed by atoms with Gasteiger partial charge in [-0.2, -0.15) is 0 Å². The summed E-state index contributed by atoms with van der Waals surface area (Å²) in [6.07, 6.45) is 0.185. The van der Waals surface area contributed by atoms with Gasteiger partial charge in [-0.05, 0) is 12.8 Å². The normalized spacial score (nSPS) is 12.3. The van der Waals surface area contributed by atoms with Crippen LogP contribution < -0.4 is 11.1 Å². The second kappa shape index (κ2) is 7.23. The van der Waals surface area contributed by atoms with Crippen molar-refractivity contribution < 1.29 is 14.3 Å². The molecular weight excluding hydrogens is 196 g/mol. The van der Waals surface area contributed by atoms with Gasteiger partial charge < -0.3 is 15.8 Å². The summed E-state index contributed by atoms with van der Waals surface area (Å²) in [6, 6.07) is -0.521. The Morgan fingerprint density at radius 2 is 2.00 bits per heavy atom. The molecule has 0 saturated heterocycles. The van der Waals surface area contributed by atoms with Crippen molar-refractivity contribution in [1.82, 2.24) is 5.32 Å². The summed E-state index contributed by atoms with van der Waals surface area (Å²) < 4.78 is 4.71. The smallest absolute Gasteiger partial charge is 0.307 e. The van der Waals surface area contributed by atoms with Crippen molar-refractivity contribution in [1.29, 1.82) is 0 Å². The van der Waals surface area contributed by atoms with E-state index in [1.807, 2.05) is 13.8 Å². The third kappa shape index (κ3) is 6.06. The molecule has 0 aromatic rings. The predicted molar refractivity (Wildman–Crippen MR) is 57.1 cm³/mol. The average Bonchev–Trinajstić information content (AvgIpc) is 2.16. The third-order valence-corrected chi connectivity index (χ3v) is 1.95. The average molecular weight is 216 g/mol. The summed E-state index contributed by atoms with van der Waals surface area (Å²) >= 11 is 0. The van der Waals surface area contributed by atoms with Crippen LogP contribution in [-0.4, -0.2) is 31.1 Å². The molecule has 15 heavy (non-hydrogen) atoms. The molecule has 3 N–H and O–H groups in total. The first kappa shape index (κ1) is 13.9. The van der Waals surface area contributed by atoms with Gasteiger partial charge in [-0.3, -0.25) is 9.59 Å². The van der Waals surface area contributed by atoms with Crippen LogP contribution in [0, 0.1) is 5.92 Å². The van der Waals surface area contributed by atoms with Crippen molar-refractivity contribution in [3.05, 3.63) is 0 Å². The zero-order valence-corrected chi connectivity index (χ0v) is 9.58. The Kier molecular flexibility index (Phi) is 6.70. The molecule has 0 aromatic carbocycles. The van der Waals surface area contributed by atoms with Gasteiger partial charge in [0.15, 0.2) is 0 Å². The lowest BCUT2D eigenvalue weighted by Crippen LogP contribution is -2.44. The molecule has 0 aliphatic heterocycles. The SMILES string of the molecule is CCOC(=O)CCNC(=O)[C@H](N)C(C)C. The number of ether oxygens (including phenoxy) is 1. The molecule has 0 aromatic heterocycles.